The number of benzene rings is 1. The van der Waals surface area contributed by atoms with Gasteiger partial charge < -0.3 is 9.47 Å². The maximum atomic E-state index is 12.0. The molecule has 0 unspecified atom stereocenters. The molecule has 3 nitrogen and oxygen atoms in total. The Balaban J connectivity index is 2.57. The zero-order valence-electron chi connectivity index (χ0n) is 10.4. The molecule has 0 spiro atoms. The third-order valence-corrected chi connectivity index (χ3v) is 2.06. The average molecular weight is 316 g/mol. The third-order valence-electron chi connectivity index (χ3n) is 2.06. The van der Waals surface area contributed by atoms with Crippen LogP contribution in [-0.4, -0.2) is 38.0 Å². The van der Waals surface area contributed by atoms with Gasteiger partial charge in [-0.1, -0.05) is 12.1 Å². The second-order valence-corrected chi connectivity index (χ2v) is 3.96. The molecule has 0 heterocycles. The number of hydrogen-bond acceptors (Lipinski definition) is 3. The summed E-state index contributed by atoms with van der Waals surface area (Å²) in [5.74, 6) is -1.01. The molecular weight excluding hydrogens is 306 g/mol. The molecule has 0 fully saturated rings. The van der Waals surface area contributed by atoms with Crippen molar-refractivity contribution < 1.29 is 40.6 Å². The number of rotatable bonds is 6. The molecule has 1 aromatic rings. The van der Waals surface area contributed by atoms with Gasteiger partial charge in [-0.05, 0) is 12.1 Å². The van der Waals surface area contributed by atoms with E-state index in [0.717, 1.165) is 6.07 Å². The van der Waals surface area contributed by atoms with Gasteiger partial charge >= 0.3 is 12.4 Å². The fraction of sp³-hybridized carbons (Fsp3) is 0.417. The standard InChI is InChI=1S/C12H10F6O3/c13-11(14,15)6-20-5-10(19)8-2-1-3-9(4-8)21-7-12(16,17)18/h1-4H,5-7H2. The highest BCUT2D eigenvalue weighted by molar-refractivity contribution is 5.97. The van der Waals surface area contributed by atoms with Gasteiger partial charge in [0.15, 0.2) is 12.4 Å². The number of halogens is 6. The second-order valence-electron chi connectivity index (χ2n) is 3.96. The fourth-order valence-electron chi connectivity index (χ4n) is 1.27. The number of carbonyl (C=O) groups is 1. The van der Waals surface area contributed by atoms with Gasteiger partial charge in [0.25, 0.3) is 0 Å². The fourth-order valence-corrected chi connectivity index (χ4v) is 1.27. The van der Waals surface area contributed by atoms with E-state index in [4.69, 9.17) is 0 Å². The summed E-state index contributed by atoms with van der Waals surface area (Å²) in [6, 6.07) is 4.69. The Hall–Kier alpha value is -1.77. The summed E-state index contributed by atoms with van der Waals surface area (Å²) in [6.45, 7) is -3.94. The summed E-state index contributed by atoms with van der Waals surface area (Å²) >= 11 is 0. The summed E-state index contributed by atoms with van der Waals surface area (Å²) < 4.78 is 79.9. The van der Waals surface area contributed by atoms with Crippen molar-refractivity contribution in [2.45, 2.75) is 12.4 Å². The zero-order valence-corrected chi connectivity index (χ0v) is 10.4. The first kappa shape index (κ1) is 17.3. The number of Topliss-reactive ketones (excluding diaryl/α,β-unsaturated/α-hetero) is 1. The number of ketones is 1. The molecule has 0 saturated heterocycles. The molecule has 0 saturated carbocycles. The first-order valence-electron chi connectivity index (χ1n) is 5.54. The van der Waals surface area contributed by atoms with Crippen LogP contribution in [0.1, 0.15) is 10.4 Å². The molecule has 0 aliphatic heterocycles. The molecule has 0 amide bonds. The van der Waals surface area contributed by atoms with Gasteiger partial charge in [0.2, 0.25) is 0 Å². The van der Waals surface area contributed by atoms with Gasteiger partial charge in [-0.3, -0.25) is 4.79 Å². The van der Waals surface area contributed by atoms with Crippen molar-refractivity contribution in [3.8, 4) is 5.75 Å². The normalized spacial score (nSPS) is 12.3. The number of ether oxygens (including phenoxy) is 2. The van der Waals surface area contributed by atoms with Crippen LogP contribution < -0.4 is 4.74 Å². The Morgan fingerprint density at radius 3 is 2.19 bits per heavy atom. The predicted molar refractivity (Wildman–Crippen MR) is 59.2 cm³/mol. The molecule has 9 heteroatoms. The van der Waals surface area contributed by atoms with Crippen molar-refractivity contribution >= 4 is 5.78 Å². The van der Waals surface area contributed by atoms with Gasteiger partial charge in [0.05, 0.1) is 0 Å². The Morgan fingerprint density at radius 1 is 1.00 bits per heavy atom. The van der Waals surface area contributed by atoms with Crippen LogP contribution in [0.4, 0.5) is 26.3 Å². The molecule has 21 heavy (non-hydrogen) atoms. The number of hydrogen-bond donors (Lipinski definition) is 0. The lowest BCUT2D eigenvalue weighted by molar-refractivity contribution is -0.170. The highest BCUT2D eigenvalue weighted by Crippen LogP contribution is 2.20. The first-order chi connectivity index (χ1) is 9.57. The molecule has 0 radical (unpaired) electrons. The van der Waals surface area contributed by atoms with Crippen LogP contribution in [0, 0.1) is 0 Å². The van der Waals surface area contributed by atoms with Crippen molar-refractivity contribution in [2.75, 3.05) is 19.8 Å². The zero-order chi connectivity index (χ0) is 16.1. The van der Waals surface area contributed by atoms with Crippen LogP contribution in [-0.2, 0) is 4.74 Å². The van der Waals surface area contributed by atoms with E-state index < -0.39 is 38.0 Å². The van der Waals surface area contributed by atoms with Crippen molar-refractivity contribution in [3.63, 3.8) is 0 Å². The average Bonchev–Trinajstić information content (AvgIpc) is 2.34. The monoisotopic (exact) mass is 316 g/mol. The van der Waals surface area contributed by atoms with Crippen molar-refractivity contribution in [2.24, 2.45) is 0 Å². The maximum Gasteiger partial charge on any atom is 0.422 e. The molecule has 0 aliphatic rings. The Morgan fingerprint density at radius 2 is 1.62 bits per heavy atom. The van der Waals surface area contributed by atoms with Crippen LogP contribution in [0.3, 0.4) is 0 Å². The summed E-state index contributed by atoms with van der Waals surface area (Å²) in [7, 11) is 0. The van der Waals surface area contributed by atoms with Gasteiger partial charge in [-0.25, -0.2) is 0 Å². The molecule has 1 aromatic carbocycles. The highest BCUT2D eigenvalue weighted by atomic mass is 19.4. The highest BCUT2D eigenvalue weighted by Gasteiger charge is 2.29. The lowest BCUT2D eigenvalue weighted by Gasteiger charge is -2.10. The summed E-state index contributed by atoms with van der Waals surface area (Å²) in [5, 5.41) is 0. The van der Waals surface area contributed by atoms with Gasteiger partial charge in [-0.2, -0.15) is 26.3 Å². The first-order valence-corrected chi connectivity index (χ1v) is 5.54. The molecular formula is C12H10F6O3. The van der Waals surface area contributed by atoms with Crippen LogP contribution in [0.25, 0.3) is 0 Å². The number of carbonyl (C=O) groups excluding carboxylic acids is 1. The van der Waals surface area contributed by atoms with Crippen molar-refractivity contribution in [3.05, 3.63) is 29.8 Å². The topological polar surface area (TPSA) is 35.5 Å². The summed E-state index contributed by atoms with van der Waals surface area (Å²) in [5.41, 5.74) is -0.100. The molecule has 118 valence electrons. The van der Waals surface area contributed by atoms with Crippen molar-refractivity contribution in [1.29, 1.82) is 0 Å². The van der Waals surface area contributed by atoms with Gasteiger partial charge in [0.1, 0.15) is 19.0 Å². The van der Waals surface area contributed by atoms with E-state index in [0.29, 0.717) is 0 Å². The quantitative estimate of drug-likeness (QED) is 0.596. The smallest absolute Gasteiger partial charge is 0.422 e. The minimum absolute atomic E-state index is 0.100. The van der Waals surface area contributed by atoms with Crippen LogP contribution in [0.5, 0.6) is 5.75 Å². The molecule has 0 N–H and O–H groups in total. The Kier molecular flexibility index (Phi) is 5.59. The molecule has 1 rings (SSSR count). The number of alkyl halides is 6. The van der Waals surface area contributed by atoms with E-state index in [9.17, 15) is 31.1 Å². The van der Waals surface area contributed by atoms with Gasteiger partial charge in [-0.15, -0.1) is 0 Å². The lowest BCUT2D eigenvalue weighted by atomic mass is 10.1. The maximum absolute atomic E-state index is 12.0. The molecule has 0 bridgehead atoms. The summed E-state index contributed by atoms with van der Waals surface area (Å²) in [6.07, 6.45) is -9.09. The van der Waals surface area contributed by atoms with E-state index in [1.54, 1.807) is 0 Å². The van der Waals surface area contributed by atoms with Gasteiger partial charge in [0, 0.05) is 5.56 Å². The minimum atomic E-state index is -4.56. The molecule has 0 aromatic heterocycles. The van der Waals surface area contributed by atoms with Crippen LogP contribution in [0.2, 0.25) is 0 Å². The SMILES string of the molecule is O=C(COCC(F)(F)F)c1cccc(OCC(F)(F)F)c1. The largest absolute Gasteiger partial charge is 0.484 e. The Bertz CT molecular complexity index is 481. The van der Waals surface area contributed by atoms with E-state index in [2.05, 4.69) is 9.47 Å². The Labute approximate surface area is 115 Å². The van der Waals surface area contributed by atoms with Crippen molar-refractivity contribution in [1.82, 2.24) is 0 Å². The molecule has 0 aliphatic carbocycles. The van der Waals surface area contributed by atoms with E-state index in [1.807, 2.05) is 0 Å². The van der Waals surface area contributed by atoms with E-state index in [-0.39, 0.29) is 11.3 Å². The van der Waals surface area contributed by atoms with E-state index >= 15 is 0 Å². The summed E-state index contributed by atoms with van der Waals surface area (Å²) in [4.78, 5) is 11.5. The van der Waals surface area contributed by atoms with Crippen LogP contribution in [0.15, 0.2) is 24.3 Å². The lowest BCUT2D eigenvalue weighted by Crippen LogP contribution is -2.21. The van der Waals surface area contributed by atoms with E-state index in [1.165, 1.54) is 18.2 Å². The molecule has 0 atom stereocenters. The predicted octanol–water partition coefficient (Wildman–Crippen LogP) is 3.39. The third kappa shape index (κ3) is 7.54. The minimum Gasteiger partial charge on any atom is -0.484 e. The van der Waals surface area contributed by atoms with Crippen LogP contribution >= 0.6 is 0 Å². The second kappa shape index (κ2) is 6.79.